The number of aromatic carboxylic acids is 1. The first-order valence-corrected chi connectivity index (χ1v) is 9.03. The number of nitrogens with zero attached hydrogens (tertiary/aromatic N) is 2. The molecule has 0 saturated carbocycles. The predicted octanol–water partition coefficient (Wildman–Crippen LogP) is 3.83. The molecule has 1 aliphatic rings. The van der Waals surface area contributed by atoms with E-state index in [0.717, 1.165) is 0 Å². The Kier molecular flexibility index (Phi) is 4.21. The largest absolute Gasteiger partial charge is 0.477 e. The molecule has 3 heterocycles. The van der Waals surface area contributed by atoms with Crippen LogP contribution in [0.2, 0.25) is 0 Å². The first-order chi connectivity index (χ1) is 13.6. The van der Waals surface area contributed by atoms with Crippen molar-refractivity contribution in [2.45, 2.75) is 39.8 Å². The Bertz CT molecular complexity index is 1190. The van der Waals surface area contributed by atoms with Crippen LogP contribution < -0.4 is 10.3 Å². The van der Waals surface area contributed by atoms with Crippen molar-refractivity contribution < 1.29 is 23.4 Å². The van der Waals surface area contributed by atoms with E-state index in [0.29, 0.717) is 29.1 Å². The lowest BCUT2D eigenvalue weighted by molar-refractivity contribution is -0.0489. The van der Waals surface area contributed by atoms with E-state index in [9.17, 15) is 23.5 Å². The zero-order chi connectivity index (χ0) is 21.1. The molecule has 2 aromatic heterocycles. The van der Waals surface area contributed by atoms with Gasteiger partial charge in [-0.15, -0.1) is 0 Å². The van der Waals surface area contributed by atoms with Crippen LogP contribution in [0.4, 0.5) is 8.78 Å². The molecule has 0 bridgehead atoms. The third-order valence-electron chi connectivity index (χ3n) is 5.27. The van der Waals surface area contributed by atoms with Crippen molar-refractivity contribution in [1.82, 2.24) is 14.5 Å². The van der Waals surface area contributed by atoms with E-state index in [1.165, 1.54) is 12.1 Å². The minimum atomic E-state index is -2.99. The van der Waals surface area contributed by atoms with Crippen LogP contribution >= 0.6 is 0 Å². The number of carbonyl (C=O) groups is 1. The van der Waals surface area contributed by atoms with Crippen LogP contribution in [0.25, 0.3) is 22.6 Å². The lowest BCUT2D eigenvalue weighted by Crippen LogP contribution is -2.31. The molecule has 9 heteroatoms. The summed E-state index contributed by atoms with van der Waals surface area (Å²) >= 11 is 0. The minimum absolute atomic E-state index is 0.0576. The van der Waals surface area contributed by atoms with Crippen molar-refractivity contribution in [1.29, 1.82) is 0 Å². The number of imidazole rings is 1. The highest BCUT2D eigenvalue weighted by Gasteiger charge is 2.36. The molecule has 3 aromatic rings. The number of carboxylic acid groups (broad SMARTS) is 1. The Morgan fingerprint density at radius 3 is 2.72 bits per heavy atom. The number of aromatic nitrogens is 3. The van der Waals surface area contributed by atoms with Gasteiger partial charge in [0.05, 0.1) is 11.2 Å². The van der Waals surface area contributed by atoms with E-state index < -0.39 is 18.1 Å². The van der Waals surface area contributed by atoms with Crippen LogP contribution in [-0.4, -0.2) is 32.2 Å². The van der Waals surface area contributed by atoms with Gasteiger partial charge in [0.25, 0.3) is 5.56 Å². The van der Waals surface area contributed by atoms with Crippen molar-refractivity contribution >= 4 is 17.0 Å². The maximum Gasteiger partial charge on any atom is 0.387 e. The summed E-state index contributed by atoms with van der Waals surface area (Å²) < 4.78 is 32.1. The number of pyridine rings is 1. The van der Waals surface area contributed by atoms with E-state index in [1.807, 2.05) is 25.3 Å². The maximum absolute atomic E-state index is 12.8. The summed E-state index contributed by atoms with van der Waals surface area (Å²) in [5, 5.41) is 9.36. The lowest BCUT2D eigenvalue weighted by Gasteiger charge is -2.36. The summed E-state index contributed by atoms with van der Waals surface area (Å²) in [5.41, 5.74) is 0.554. The molecule has 0 spiro atoms. The van der Waals surface area contributed by atoms with E-state index in [-0.39, 0.29) is 28.2 Å². The molecule has 29 heavy (non-hydrogen) atoms. The molecule has 0 amide bonds. The molecule has 1 aliphatic heterocycles. The highest BCUT2D eigenvalue weighted by atomic mass is 19.3. The molecular weight excluding hydrogens is 384 g/mol. The molecular formula is C20H19F2N3O4. The molecule has 0 unspecified atom stereocenters. The van der Waals surface area contributed by atoms with E-state index >= 15 is 0 Å². The first kappa shape index (κ1) is 19.1. The Labute approximate surface area is 164 Å². The lowest BCUT2D eigenvalue weighted by atomic mass is 9.74. The van der Waals surface area contributed by atoms with Gasteiger partial charge in [0.1, 0.15) is 11.1 Å². The number of benzene rings is 1. The third kappa shape index (κ3) is 3.06. The summed E-state index contributed by atoms with van der Waals surface area (Å²) in [6, 6.07) is 6.16. The quantitative estimate of drug-likeness (QED) is 0.693. The molecule has 0 saturated heterocycles. The normalized spacial score (nSPS) is 16.0. The Hall–Kier alpha value is -3.23. The number of ether oxygens (including phenoxy) is 1. The zero-order valence-corrected chi connectivity index (χ0v) is 16.0. The number of hydrogen-bond donors (Lipinski definition) is 2. The van der Waals surface area contributed by atoms with E-state index in [4.69, 9.17) is 0 Å². The number of nitrogens with one attached hydrogen (secondary N) is 1. The van der Waals surface area contributed by atoms with E-state index in [2.05, 4.69) is 14.7 Å². The highest BCUT2D eigenvalue weighted by molar-refractivity contribution is 5.89. The smallest absolute Gasteiger partial charge is 0.387 e. The number of rotatable bonds is 3. The van der Waals surface area contributed by atoms with Crippen LogP contribution in [0, 0.1) is 5.41 Å². The van der Waals surface area contributed by atoms with Gasteiger partial charge in [-0.3, -0.25) is 4.79 Å². The monoisotopic (exact) mass is 403 g/mol. The number of aromatic amines is 1. The summed E-state index contributed by atoms with van der Waals surface area (Å²) in [6.07, 6.45) is 0. The number of alkyl halides is 2. The zero-order valence-electron chi connectivity index (χ0n) is 16.0. The Morgan fingerprint density at radius 1 is 1.38 bits per heavy atom. The maximum atomic E-state index is 12.8. The summed E-state index contributed by atoms with van der Waals surface area (Å²) in [7, 11) is 0. The fourth-order valence-electron chi connectivity index (χ4n) is 3.87. The molecule has 1 atom stereocenters. The van der Waals surface area contributed by atoms with Gasteiger partial charge in [0.15, 0.2) is 11.6 Å². The van der Waals surface area contributed by atoms with E-state index in [1.54, 1.807) is 12.1 Å². The molecule has 152 valence electrons. The van der Waals surface area contributed by atoms with Gasteiger partial charge < -0.3 is 19.4 Å². The molecule has 7 nitrogen and oxygen atoms in total. The number of halogens is 2. The van der Waals surface area contributed by atoms with Gasteiger partial charge in [-0.1, -0.05) is 26.8 Å². The first-order valence-electron chi connectivity index (χ1n) is 9.03. The van der Waals surface area contributed by atoms with Crippen molar-refractivity contribution in [3.63, 3.8) is 0 Å². The Morgan fingerprint density at radius 2 is 2.10 bits per heavy atom. The molecule has 0 aliphatic carbocycles. The number of para-hydroxylation sites is 1. The highest BCUT2D eigenvalue weighted by Crippen LogP contribution is 2.45. The second-order valence-electron chi connectivity index (χ2n) is 8.11. The topological polar surface area (TPSA) is 97.2 Å². The van der Waals surface area contributed by atoms with Gasteiger partial charge >= 0.3 is 12.6 Å². The van der Waals surface area contributed by atoms with Crippen molar-refractivity contribution in [2.75, 3.05) is 0 Å². The van der Waals surface area contributed by atoms with Crippen LogP contribution in [-0.2, 0) is 6.54 Å². The predicted molar refractivity (Wildman–Crippen MR) is 102 cm³/mol. The minimum Gasteiger partial charge on any atom is -0.477 e. The molecule has 0 radical (unpaired) electrons. The summed E-state index contributed by atoms with van der Waals surface area (Å²) in [4.78, 5) is 30.9. The molecule has 4 rings (SSSR count). The number of hydrogen-bond acceptors (Lipinski definition) is 4. The Balaban J connectivity index is 2.03. The van der Waals surface area contributed by atoms with Crippen LogP contribution in [0.5, 0.6) is 5.75 Å². The summed E-state index contributed by atoms with van der Waals surface area (Å²) in [5.74, 6) is -1.13. The van der Waals surface area contributed by atoms with Gasteiger partial charge in [-0.05, 0) is 29.2 Å². The fraction of sp³-hybridized carbons (Fsp3) is 0.350. The van der Waals surface area contributed by atoms with Crippen LogP contribution in [0.3, 0.4) is 0 Å². The molecule has 2 N–H and O–H groups in total. The van der Waals surface area contributed by atoms with Crippen LogP contribution in [0.1, 0.15) is 42.6 Å². The van der Waals surface area contributed by atoms with Crippen molar-refractivity contribution in [3.8, 4) is 17.3 Å². The average molecular weight is 403 g/mol. The molecule has 1 aromatic carbocycles. The van der Waals surface area contributed by atoms with Gasteiger partial charge in [-0.2, -0.15) is 8.78 Å². The van der Waals surface area contributed by atoms with Gasteiger partial charge in [-0.25, -0.2) is 9.78 Å². The van der Waals surface area contributed by atoms with Crippen LogP contribution in [0.15, 0.2) is 29.1 Å². The van der Waals surface area contributed by atoms with Crippen molar-refractivity contribution in [2.24, 2.45) is 5.41 Å². The second-order valence-corrected chi connectivity index (χ2v) is 8.11. The number of carboxylic acids is 1. The second kappa shape index (κ2) is 6.40. The fourth-order valence-corrected chi connectivity index (χ4v) is 3.87. The standard InChI is InChI=1S/C20H19F2N3O4/c1-20(2,3)11-8-25-12-5-4-6-13(29-19(21)22)15(12)23-16(25)14-9(11)7-10(18(27)28)17(26)24-14/h4-7,11,19H,8H2,1-3H3,(H,24,26)(H,27,28)/t11-/m0/s1. The van der Waals surface area contributed by atoms with Gasteiger partial charge in [0, 0.05) is 12.5 Å². The summed E-state index contributed by atoms with van der Waals surface area (Å²) in [6.45, 7) is 3.51. The van der Waals surface area contributed by atoms with Gasteiger partial charge in [0.2, 0.25) is 0 Å². The third-order valence-corrected chi connectivity index (χ3v) is 5.27. The molecule has 0 fully saturated rings. The SMILES string of the molecule is CC(C)(C)[C@H]1Cn2c(nc3c(OC(F)F)cccc32)-c2[nH]c(=O)c(C(=O)O)cc21. The number of H-pyrrole nitrogens is 1. The van der Waals surface area contributed by atoms with Crippen molar-refractivity contribution in [3.05, 3.63) is 45.7 Å². The number of fused-ring (bicyclic) bond motifs is 5. The average Bonchev–Trinajstić information content (AvgIpc) is 2.99.